The molecule has 0 N–H and O–H groups in total. The Morgan fingerprint density at radius 3 is 2.30 bits per heavy atom. The van der Waals surface area contributed by atoms with E-state index in [0.29, 0.717) is 0 Å². The molecule has 0 saturated heterocycles. The zero-order valence-electron chi connectivity index (χ0n) is 5.97. The standard InChI is InChI=1S/C3H9NO4P2/c1-4(2)7-10(3,6)8-9-5/h1-3H3. The van der Waals surface area contributed by atoms with E-state index in [2.05, 4.69) is 8.94 Å². The van der Waals surface area contributed by atoms with E-state index in [4.69, 9.17) is 0 Å². The van der Waals surface area contributed by atoms with E-state index in [1.54, 1.807) is 14.1 Å². The first-order chi connectivity index (χ1) is 4.48. The van der Waals surface area contributed by atoms with Gasteiger partial charge in [-0.3, -0.25) is 4.57 Å². The van der Waals surface area contributed by atoms with E-state index < -0.39 is 16.3 Å². The topological polar surface area (TPSA) is 55.8 Å². The van der Waals surface area contributed by atoms with Gasteiger partial charge in [0.25, 0.3) is 0 Å². The van der Waals surface area contributed by atoms with Gasteiger partial charge in [0, 0.05) is 20.8 Å². The average molecular weight is 185 g/mol. The third-order valence-corrected chi connectivity index (χ3v) is 2.57. The first kappa shape index (κ1) is 10.2. The molecule has 5 nitrogen and oxygen atoms in total. The number of hydroxylamine groups is 2. The minimum absolute atomic E-state index is 0.635. The Morgan fingerprint density at radius 1 is 1.50 bits per heavy atom. The second-order valence-corrected chi connectivity index (χ2v) is 4.33. The fourth-order valence-electron chi connectivity index (χ4n) is 0.372. The van der Waals surface area contributed by atoms with Crippen LogP contribution in [-0.2, 0) is 18.1 Å². The van der Waals surface area contributed by atoms with Gasteiger partial charge in [0.05, 0.1) is 0 Å². The summed E-state index contributed by atoms with van der Waals surface area (Å²) in [6, 6.07) is 0. The summed E-state index contributed by atoms with van der Waals surface area (Å²) < 4.78 is 29.6. The molecule has 0 aromatic heterocycles. The third-order valence-electron chi connectivity index (χ3n) is 0.493. The van der Waals surface area contributed by atoms with Gasteiger partial charge in [-0.1, -0.05) is 0 Å². The van der Waals surface area contributed by atoms with Crippen molar-refractivity contribution >= 4 is 16.3 Å². The fraction of sp³-hybridized carbons (Fsp3) is 1.00. The predicted octanol–water partition coefficient (Wildman–Crippen LogP) is 1.53. The van der Waals surface area contributed by atoms with Crippen LogP contribution in [0.2, 0.25) is 0 Å². The molecule has 10 heavy (non-hydrogen) atoms. The van der Waals surface area contributed by atoms with Crippen LogP contribution in [0.3, 0.4) is 0 Å². The number of rotatable bonds is 4. The van der Waals surface area contributed by atoms with Crippen molar-refractivity contribution in [2.45, 2.75) is 0 Å². The average Bonchev–Trinajstić information content (AvgIpc) is 1.59. The normalized spacial score (nSPS) is 17.6. The molecular weight excluding hydrogens is 176 g/mol. The molecule has 0 aliphatic carbocycles. The maximum atomic E-state index is 10.9. The van der Waals surface area contributed by atoms with Crippen molar-refractivity contribution in [2.75, 3.05) is 20.8 Å². The van der Waals surface area contributed by atoms with Crippen molar-refractivity contribution in [1.82, 2.24) is 5.06 Å². The summed E-state index contributed by atoms with van der Waals surface area (Å²) in [6.07, 6.45) is 0. The summed E-state index contributed by atoms with van der Waals surface area (Å²) in [5.41, 5.74) is 0. The smallest absolute Gasteiger partial charge is 0.258 e. The van der Waals surface area contributed by atoms with Crippen LogP contribution in [0.15, 0.2) is 0 Å². The van der Waals surface area contributed by atoms with Gasteiger partial charge in [-0.15, -0.1) is 0 Å². The second-order valence-electron chi connectivity index (χ2n) is 1.82. The van der Waals surface area contributed by atoms with Gasteiger partial charge in [-0.2, -0.15) is 5.06 Å². The quantitative estimate of drug-likeness (QED) is 0.491. The molecule has 60 valence electrons. The Bertz CT molecular complexity index is 159. The van der Waals surface area contributed by atoms with Crippen molar-refractivity contribution in [3.8, 4) is 0 Å². The van der Waals surface area contributed by atoms with E-state index in [0.717, 1.165) is 0 Å². The van der Waals surface area contributed by atoms with Gasteiger partial charge in [-0.05, 0) is 0 Å². The van der Waals surface area contributed by atoms with E-state index in [9.17, 15) is 9.13 Å². The number of nitrogens with zero attached hydrogens (tertiary/aromatic N) is 1. The molecule has 0 spiro atoms. The molecule has 0 fully saturated rings. The Labute approximate surface area is 61.1 Å². The molecule has 0 saturated carbocycles. The Morgan fingerprint density at radius 2 is 2.00 bits per heavy atom. The van der Waals surface area contributed by atoms with Crippen LogP contribution in [0.5, 0.6) is 0 Å². The van der Waals surface area contributed by atoms with Crippen molar-refractivity contribution in [1.29, 1.82) is 0 Å². The lowest BCUT2D eigenvalue weighted by Gasteiger charge is -2.13. The summed E-state index contributed by atoms with van der Waals surface area (Å²) >= 11 is 0. The fourth-order valence-corrected chi connectivity index (χ4v) is 1.57. The van der Waals surface area contributed by atoms with Crippen molar-refractivity contribution < 1.29 is 18.1 Å². The van der Waals surface area contributed by atoms with Gasteiger partial charge in [0.1, 0.15) is 0 Å². The highest BCUT2D eigenvalue weighted by atomic mass is 31.2. The lowest BCUT2D eigenvalue weighted by Crippen LogP contribution is -2.09. The van der Waals surface area contributed by atoms with Crippen molar-refractivity contribution in [2.24, 2.45) is 0 Å². The zero-order valence-corrected chi connectivity index (χ0v) is 7.76. The maximum absolute atomic E-state index is 10.9. The molecule has 0 heterocycles. The molecule has 0 rings (SSSR count). The van der Waals surface area contributed by atoms with Crippen LogP contribution in [0.1, 0.15) is 0 Å². The highest BCUT2D eigenvalue weighted by molar-refractivity contribution is 7.57. The Kier molecular flexibility index (Phi) is 4.25. The van der Waals surface area contributed by atoms with Gasteiger partial charge in [0.15, 0.2) is 0 Å². The largest absolute Gasteiger partial charge is 0.354 e. The molecule has 0 radical (unpaired) electrons. The van der Waals surface area contributed by atoms with E-state index >= 15 is 0 Å². The molecule has 0 amide bonds. The van der Waals surface area contributed by atoms with Crippen LogP contribution < -0.4 is 0 Å². The lowest BCUT2D eigenvalue weighted by atomic mass is 11.2. The van der Waals surface area contributed by atoms with Gasteiger partial charge in [-0.25, -0.2) is 13.5 Å². The molecule has 0 bridgehead atoms. The monoisotopic (exact) mass is 185 g/mol. The van der Waals surface area contributed by atoms with Crippen LogP contribution in [0.25, 0.3) is 0 Å². The first-order valence-electron chi connectivity index (χ1n) is 2.44. The highest BCUT2D eigenvalue weighted by Gasteiger charge is 2.18. The summed E-state index contributed by atoms with van der Waals surface area (Å²) in [6.45, 7) is 1.23. The summed E-state index contributed by atoms with van der Waals surface area (Å²) in [4.78, 5) is 0. The van der Waals surface area contributed by atoms with E-state index in [1.807, 2.05) is 0 Å². The molecule has 0 aliphatic rings. The van der Waals surface area contributed by atoms with Crippen molar-refractivity contribution in [3.05, 3.63) is 0 Å². The third kappa shape index (κ3) is 5.03. The Hall–Kier alpha value is 0.210. The number of hydrogen-bond donors (Lipinski definition) is 0. The number of hydrogen-bond acceptors (Lipinski definition) is 5. The summed E-state index contributed by atoms with van der Waals surface area (Å²) in [5.74, 6) is 0. The summed E-state index contributed by atoms with van der Waals surface area (Å²) in [5, 5.41) is 1.23. The maximum Gasteiger partial charge on any atom is 0.354 e. The molecule has 1 unspecified atom stereocenters. The Balaban J connectivity index is 3.87. The molecule has 0 aromatic carbocycles. The first-order valence-corrected chi connectivity index (χ1v) is 5.16. The van der Waals surface area contributed by atoms with Crippen LogP contribution in [-0.4, -0.2) is 25.8 Å². The van der Waals surface area contributed by atoms with Crippen LogP contribution in [0.4, 0.5) is 0 Å². The summed E-state index contributed by atoms with van der Waals surface area (Å²) in [7, 11) is -0.669. The predicted molar refractivity (Wildman–Crippen MR) is 37.0 cm³/mol. The molecule has 0 aromatic rings. The van der Waals surface area contributed by atoms with Gasteiger partial charge >= 0.3 is 16.3 Å². The van der Waals surface area contributed by atoms with E-state index in [-0.39, 0.29) is 0 Å². The lowest BCUT2D eigenvalue weighted by molar-refractivity contribution is -0.0102. The highest BCUT2D eigenvalue weighted by Crippen LogP contribution is 2.47. The minimum Gasteiger partial charge on any atom is -0.258 e. The molecule has 7 heteroatoms. The van der Waals surface area contributed by atoms with E-state index in [1.165, 1.54) is 11.7 Å². The molecule has 0 aliphatic heterocycles. The molecular formula is C3H9NO4P2. The van der Waals surface area contributed by atoms with Gasteiger partial charge < -0.3 is 0 Å². The van der Waals surface area contributed by atoms with Crippen molar-refractivity contribution in [3.63, 3.8) is 0 Å². The minimum atomic E-state index is -3.15. The van der Waals surface area contributed by atoms with Gasteiger partial charge in [0.2, 0.25) is 0 Å². The SMILES string of the molecule is CN(C)OP(C)(=O)OP=O. The zero-order chi connectivity index (χ0) is 8.20. The van der Waals surface area contributed by atoms with Crippen LogP contribution >= 0.6 is 16.3 Å². The van der Waals surface area contributed by atoms with Crippen LogP contribution in [0, 0.1) is 0 Å². The molecule has 1 atom stereocenters. The second kappa shape index (κ2) is 4.16.